The molecule has 0 aromatic rings. The van der Waals surface area contributed by atoms with Crippen molar-refractivity contribution in [1.29, 1.82) is 0 Å². The van der Waals surface area contributed by atoms with Crippen LogP contribution in [0.15, 0.2) is 24.3 Å². The first-order chi connectivity index (χ1) is 37.8. The third-order valence-electron chi connectivity index (χ3n) is 15.5. The van der Waals surface area contributed by atoms with Gasteiger partial charge in [0.05, 0.1) is 38.6 Å². The molecule has 0 spiro atoms. The summed E-state index contributed by atoms with van der Waals surface area (Å²) in [5, 5.41) is 120. The van der Waals surface area contributed by atoms with Gasteiger partial charge in [0.2, 0.25) is 5.91 Å². The molecule has 0 bridgehead atoms. The first kappa shape index (κ1) is 70.5. The maximum absolute atomic E-state index is 13.3. The Morgan fingerprint density at radius 3 is 1.28 bits per heavy atom. The zero-order chi connectivity index (χ0) is 56.9. The van der Waals surface area contributed by atoms with Gasteiger partial charge in [-0.15, -0.1) is 0 Å². The molecule has 458 valence electrons. The minimum Gasteiger partial charge on any atom is -0.394 e. The van der Waals surface area contributed by atoms with Gasteiger partial charge in [-0.2, -0.15) is 0 Å². The van der Waals surface area contributed by atoms with Gasteiger partial charge in [0, 0.05) is 6.42 Å². The van der Waals surface area contributed by atoms with Gasteiger partial charge >= 0.3 is 0 Å². The number of ether oxygens (including phenoxy) is 6. The molecule has 3 saturated heterocycles. The number of rotatable bonds is 45. The van der Waals surface area contributed by atoms with Crippen LogP contribution in [0, 0.1) is 0 Å². The molecule has 0 radical (unpaired) electrons. The summed E-state index contributed by atoms with van der Waals surface area (Å²) in [5.74, 6) is -0.285. The van der Waals surface area contributed by atoms with Crippen molar-refractivity contribution in [3.63, 3.8) is 0 Å². The molecule has 3 aliphatic heterocycles. The van der Waals surface area contributed by atoms with E-state index in [1.165, 1.54) is 141 Å². The fourth-order valence-electron chi connectivity index (χ4n) is 10.4. The van der Waals surface area contributed by atoms with Crippen LogP contribution in [0.25, 0.3) is 0 Å². The number of hydrogen-bond acceptors (Lipinski definition) is 18. The van der Waals surface area contributed by atoms with E-state index >= 15 is 0 Å². The van der Waals surface area contributed by atoms with Crippen molar-refractivity contribution in [3.05, 3.63) is 24.3 Å². The van der Waals surface area contributed by atoms with E-state index in [-0.39, 0.29) is 18.9 Å². The molecule has 17 unspecified atom stereocenters. The lowest BCUT2D eigenvalue weighted by atomic mass is 9.96. The molecule has 78 heavy (non-hydrogen) atoms. The first-order valence-corrected chi connectivity index (χ1v) is 30.6. The number of hydrogen-bond donors (Lipinski definition) is 12. The molecule has 0 saturated carbocycles. The molecule has 3 heterocycles. The molecule has 19 heteroatoms. The number of aliphatic hydroxyl groups excluding tert-OH is 11. The average Bonchev–Trinajstić information content (AvgIpc) is 3.47. The smallest absolute Gasteiger partial charge is 0.220 e. The van der Waals surface area contributed by atoms with Gasteiger partial charge in [-0.3, -0.25) is 4.79 Å². The zero-order valence-corrected chi connectivity index (χ0v) is 47.7. The van der Waals surface area contributed by atoms with Crippen LogP contribution in [0.2, 0.25) is 0 Å². The predicted octanol–water partition coefficient (Wildman–Crippen LogP) is 5.54. The number of nitrogens with one attached hydrogen (secondary N) is 1. The fourth-order valence-corrected chi connectivity index (χ4v) is 10.4. The summed E-state index contributed by atoms with van der Waals surface area (Å²) in [6, 6.07) is -0.984. The summed E-state index contributed by atoms with van der Waals surface area (Å²) in [6.07, 6.45) is 17.6. The Labute approximate surface area is 467 Å². The highest BCUT2D eigenvalue weighted by Crippen LogP contribution is 2.33. The van der Waals surface area contributed by atoms with Crippen LogP contribution in [0.1, 0.15) is 213 Å². The van der Waals surface area contributed by atoms with E-state index in [0.29, 0.717) is 12.8 Å². The lowest BCUT2D eigenvalue weighted by Gasteiger charge is -2.48. The van der Waals surface area contributed by atoms with Gasteiger partial charge in [0.15, 0.2) is 18.9 Å². The normalized spacial score (nSPS) is 30.6. The summed E-state index contributed by atoms with van der Waals surface area (Å²) in [4.78, 5) is 13.3. The SMILES string of the molecule is CCCCCC/C=C/CC/C=C/C(O)C(COC1OC(CO)C(OC2OC(CO)C(OC3OC(CO)C(O)C(O)C3O)C(O)C2O)C(O)C1O)NC(=O)CCCCCCCCCCCCCCCCCCCCCCCCC. The molecule has 3 aliphatic rings. The highest BCUT2D eigenvalue weighted by Gasteiger charge is 2.53. The molecule has 0 aromatic heterocycles. The Balaban J connectivity index is 1.44. The molecule has 0 aromatic carbocycles. The van der Waals surface area contributed by atoms with Crippen LogP contribution < -0.4 is 5.32 Å². The van der Waals surface area contributed by atoms with E-state index in [1.54, 1.807) is 6.08 Å². The fraction of sp³-hybridized carbons (Fsp3) is 0.915. The van der Waals surface area contributed by atoms with Crippen LogP contribution in [0.3, 0.4) is 0 Å². The van der Waals surface area contributed by atoms with Crippen molar-refractivity contribution >= 4 is 5.91 Å². The highest BCUT2D eigenvalue weighted by atomic mass is 16.8. The molecule has 17 atom stereocenters. The van der Waals surface area contributed by atoms with Crippen molar-refractivity contribution in [2.45, 2.75) is 317 Å². The predicted molar refractivity (Wildman–Crippen MR) is 296 cm³/mol. The number of allylic oxidation sites excluding steroid dienone is 3. The van der Waals surface area contributed by atoms with E-state index in [2.05, 4.69) is 31.3 Å². The minimum atomic E-state index is -1.98. The van der Waals surface area contributed by atoms with Gasteiger partial charge in [0.25, 0.3) is 0 Å². The highest BCUT2D eigenvalue weighted by molar-refractivity contribution is 5.76. The Morgan fingerprint density at radius 1 is 0.449 bits per heavy atom. The molecule has 12 N–H and O–H groups in total. The summed E-state index contributed by atoms with van der Waals surface area (Å²) in [6.45, 7) is 1.67. The molecular weight excluding hydrogens is 1010 g/mol. The quantitative estimate of drug-likeness (QED) is 0.0263. The van der Waals surface area contributed by atoms with Gasteiger partial charge < -0.3 is 89.9 Å². The average molecular weight is 1120 g/mol. The van der Waals surface area contributed by atoms with E-state index < -0.39 is 124 Å². The molecule has 3 fully saturated rings. The number of amides is 1. The second-order valence-corrected chi connectivity index (χ2v) is 22.2. The largest absolute Gasteiger partial charge is 0.394 e. The van der Waals surface area contributed by atoms with E-state index in [9.17, 15) is 61.0 Å². The Hall–Kier alpha value is -1.73. The first-order valence-electron chi connectivity index (χ1n) is 30.6. The maximum atomic E-state index is 13.3. The molecule has 3 rings (SSSR count). The van der Waals surface area contributed by atoms with E-state index in [4.69, 9.17) is 28.4 Å². The summed E-state index contributed by atoms with van der Waals surface area (Å²) < 4.78 is 34.2. The van der Waals surface area contributed by atoms with Crippen molar-refractivity contribution < 1.29 is 89.4 Å². The number of carbonyl (C=O) groups is 1. The van der Waals surface area contributed by atoms with Gasteiger partial charge in [-0.25, -0.2) is 0 Å². The minimum absolute atomic E-state index is 0.240. The lowest BCUT2D eigenvalue weighted by Crippen LogP contribution is -2.66. The zero-order valence-electron chi connectivity index (χ0n) is 47.7. The van der Waals surface area contributed by atoms with Crippen LogP contribution in [-0.2, 0) is 33.2 Å². The van der Waals surface area contributed by atoms with Crippen LogP contribution in [0.4, 0.5) is 0 Å². The van der Waals surface area contributed by atoms with Crippen LogP contribution >= 0.6 is 0 Å². The topological polar surface area (TPSA) is 307 Å². The second kappa shape index (κ2) is 43.0. The van der Waals surface area contributed by atoms with Gasteiger partial charge in [-0.1, -0.05) is 199 Å². The molecule has 19 nitrogen and oxygen atoms in total. The maximum Gasteiger partial charge on any atom is 0.220 e. The summed E-state index contributed by atoms with van der Waals surface area (Å²) in [7, 11) is 0. The van der Waals surface area contributed by atoms with Crippen molar-refractivity contribution in [2.75, 3.05) is 26.4 Å². The molecule has 1 amide bonds. The van der Waals surface area contributed by atoms with Crippen molar-refractivity contribution in [2.24, 2.45) is 0 Å². The summed E-state index contributed by atoms with van der Waals surface area (Å²) >= 11 is 0. The standard InChI is InChI=1S/C59H109NO18/c1-3-5-7-9-11-13-15-16-17-18-19-20-21-22-23-24-25-26-27-29-31-33-35-37-47(65)60-42(43(64)36-34-32-30-28-14-12-10-8-6-4-2)41-73-57-53(71)50(68)55(45(39-62)75-57)78-59-54(72)51(69)56(46(40-63)76-59)77-58-52(70)49(67)48(66)44(38-61)74-58/h14,28,34,36,42-46,48-59,61-64,66-72H,3-13,15-27,29-33,35,37-41H2,1-2H3,(H,60,65)/b28-14+,36-34+. The monoisotopic (exact) mass is 1120 g/mol. The van der Waals surface area contributed by atoms with E-state index in [0.717, 1.165) is 38.5 Å². The molecular formula is C59H109NO18. The van der Waals surface area contributed by atoms with Crippen molar-refractivity contribution in [3.8, 4) is 0 Å². The Morgan fingerprint density at radius 2 is 0.821 bits per heavy atom. The molecule has 0 aliphatic carbocycles. The van der Waals surface area contributed by atoms with Crippen LogP contribution in [-0.4, -0.2) is 193 Å². The second-order valence-electron chi connectivity index (χ2n) is 22.2. The Kier molecular flexibility index (Phi) is 38.9. The third-order valence-corrected chi connectivity index (χ3v) is 15.5. The number of carbonyl (C=O) groups excluding carboxylic acids is 1. The van der Waals surface area contributed by atoms with E-state index in [1.807, 2.05) is 6.08 Å². The van der Waals surface area contributed by atoms with Gasteiger partial charge in [-0.05, 0) is 32.1 Å². The summed E-state index contributed by atoms with van der Waals surface area (Å²) in [5.41, 5.74) is 0. The number of unbranched alkanes of at least 4 members (excludes halogenated alkanes) is 27. The van der Waals surface area contributed by atoms with Crippen LogP contribution in [0.5, 0.6) is 0 Å². The van der Waals surface area contributed by atoms with Crippen molar-refractivity contribution in [1.82, 2.24) is 5.32 Å². The Bertz CT molecular complexity index is 1530. The third kappa shape index (κ3) is 26.7. The lowest BCUT2D eigenvalue weighted by molar-refractivity contribution is -0.379. The van der Waals surface area contributed by atoms with Gasteiger partial charge in [0.1, 0.15) is 73.2 Å². The number of aliphatic hydroxyl groups is 11.